The first-order chi connectivity index (χ1) is 5.97. The number of hydrogen-bond donors (Lipinski definition) is 4. The lowest BCUT2D eigenvalue weighted by Crippen LogP contribution is -2.46. The molecule has 4 N–H and O–H groups in total. The third-order valence-electron chi connectivity index (χ3n) is 1.12. The topological polar surface area (TPSA) is 98.7 Å². The van der Waals surface area contributed by atoms with Crippen LogP contribution in [0.3, 0.4) is 0 Å². The summed E-state index contributed by atoms with van der Waals surface area (Å²) in [5, 5.41) is 19.8. The number of aliphatic carboxylic acids is 1. The van der Waals surface area contributed by atoms with Gasteiger partial charge in [0.2, 0.25) is 5.91 Å². The van der Waals surface area contributed by atoms with Gasteiger partial charge in [0.25, 0.3) is 0 Å². The minimum absolute atomic E-state index is 0.232. The number of hydrogen-bond acceptors (Lipinski definition) is 4. The molecule has 0 aromatic rings. The van der Waals surface area contributed by atoms with Crippen LogP contribution in [0.5, 0.6) is 0 Å². The zero-order valence-corrected chi connectivity index (χ0v) is 6.65. The number of carbonyl (C=O) groups is 2. The van der Waals surface area contributed by atoms with Crippen molar-refractivity contribution >= 4 is 11.9 Å². The van der Waals surface area contributed by atoms with E-state index in [1.807, 2.05) is 5.32 Å². The van der Waals surface area contributed by atoms with Crippen LogP contribution in [0.25, 0.3) is 0 Å². The molecule has 1 amide bonds. The van der Waals surface area contributed by atoms with Crippen molar-refractivity contribution in [3.63, 3.8) is 0 Å². The molecule has 0 unspecified atom stereocenters. The number of nitrogens with one attached hydrogen (secondary N) is 2. The van der Waals surface area contributed by atoms with E-state index in [2.05, 4.69) is 0 Å². The molecule has 6 nitrogen and oxygen atoms in total. The fourth-order valence-electron chi connectivity index (χ4n) is 0.569. The van der Waals surface area contributed by atoms with Crippen molar-refractivity contribution in [3.05, 3.63) is 0 Å². The molecule has 0 saturated carbocycles. The van der Waals surface area contributed by atoms with E-state index in [0.717, 1.165) is 5.31 Å². The molecule has 6 heteroatoms. The van der Waals surface area contributed by atoms with Crippen molar-refractivity contribution in [2.75, 3.05) is 20.2 Å². The fourth-order valence-corrected chi connectivity index (χ4v) is 0.569. The summed E-state index contributed by atoms with van der Waals surface area (Å²) in [5.74, 6) is -1.91. The number of carboxylic acids is 1. The largest absolute Gasteiger partial charge is 0.480 e. The Morgan fingerprint density at radius 1 is 1.67 bits per heavy atom. The number of amides is 1. The Bertz CT molecular complexity index is 197. The summed E-state index contributed by atoms with van der Waals surface area (Å²) in [7, 11) is 1.36. The molecule has 0 aromatic heterocycles. The van der Waals surface area contributed by atoms with E-state index >= 15 is 0 Å². The summed E-state index contributed by atoms with van der Waals surface area (Å²) < 4.78 is 6.88. The maximum Gasteiger partial charge on any atom is 0.328 e. The summed E-state index contributed by atoms with van der Waals surface area (Å²) in [4.78, 5) is 21.2. The first-order valence-corrected chi connectivity index (χ1v) is 3.30. The number of aliphatic hydroxyl groups is 1. The Morgan fingerprint density at radius 2 is 2.25 bits per heavy atom. The van der Waals surface area contributed by atoms with Crippen molar-refractivity contribution in [3.8, 4) is 0 Å². The van der Waals surface area contributed by atoms with Gasteiger partial charge in [-0.2, -0.15) is 0 Å². The Morgan fingerprint density at radius 3 is 2.58 bits per heavy atom. The zero-order valence-electron chi connectivity index (χ0n) is 7.65. The van der Waals surface area contributed by atoms with Gasteiger partial charge in [-0.25, -0.2) is 4.79 Å². The van der Waals surface area contributed by atoms with E-state index in [0.29, 0.717) is 0 Å². The highest BCUT2D eigenvalue weighted by Gasteiger charge is 2.17. The van der Waals surface area contributed by atoms with Crippen LogP contribution in [0.1, 0.15) is 0 Å². The molecular weight excluding hydrogens is 164 g/mol. The van der Waals surface area contributed by atoms with Crippen LogP contribution >= 0.6 is 0 Å². The van der Waals surface area contributed by atoms with Gasteiger partial charge in [-0.05, 0) is 7.05 Å². The highest BCUT2D eigenvalue weighted by molar-refractivity contribution is 5.84. The van der Waals surface area contributed by atoms with Crippen LogP contribution in [-0.2, 0) is 9.59 Å². The third-order valence-corrected chi connectivity index (χ3v) is 1.12. The van der Waals surface area contributed by atoms with Crippen molar-refractivity contribution in [1.29, 1.82) is 0 Å². The van der Waals surface area contributed by atoms with E-state index in [-0.39, 0.29) is 6.54 Å². The molecule has 0 rings (SSSR count). The lowest BCUT2D eigenvalue weighted by molar-refractivity contribution is -0.142. The smallest absolute Gasteiger partial charge is 0.328 e. The molecule has 0 radical (unpaired) electrons. The standard InChI is InChI=1S/C6H12N2O4/c1-7-2-5(10)8-4(3-9)6(11)12/h4,7,9H,2-3H2,1H3,(H,8,10)(H,11,12)/t4-/m0/s1/i/hD. The van der Waals surface area contributed by atoms with Gasteiger partial charge < -0.3 is 20.8 Å². The first-order valence-electron chi connectivity index (χ1n) is 3.75. The average molecular weight is 177 g/mol. The fraction of sp³-hybridized carbons (Fsp3) is 0.667. The summed E-state index contributed by atoms with van der Waals surface area (Å²) in [6.45, 7) is -0.896. The molecule has 0 aromatic carbocycles. The second kappa shape index (κ2) is 5.50. The minimum atomic E-state index is -1.30. The van der Waals surface area contributed by atoms with E-state index in [1.165, 1.54) is 7.05 Å². The lowest BCUT2D eigenvalue weighted by atomic mass is 10.3. The number of carbonyl (C=O) groups excluding carboxylic acids is 1. The van der Waals surface area contributed by atoms with Gasteiger partial charge in [0.05, 0.1) is 13.2 Å². The predicted octanol–water partition coefficient (Wildman–Crippen LogP) is -2.23. The Balaban J connectivity index is 3.94. The van der Waals surface area contributed by atoms with Gasteiger partial charge in [-0.15, -0.1) is 0 Å². The van der Waals surface area contributed by atoms with Crippen LogP contribution in [0.2, 0.25) is 1.41 Å². The molecule has 0 heterocycles. The highest BCUT2D eigenvalue weighted by Crippen LogP contribution is 1.81. The molecule has 0 spiro atoms. The van der Waals surface area contributed by atoms with Crippen molar-refractivity contribution < 1.29 is 21.2 Å². The molecule has 70 valence electrons. The number of carboxylic acid groups (broad SMARTS) is 1. The number of rotatable bonds is 5. The van der Waals surface area contributed by atoms with Crippen molar-refractivity contribution in [2.24, 2.45) is 0 Å². The molecular formula is C6H12N2O4. The minimum Gasteiger partial charge on any atom is -0.480 e. The number of aliphatic hydroxyl groups excluding tert-OH is 1. The molecule has 1 atom stereocenters. The summed E-state index contributed by atoms with van der Waals surface area (Å²) in [6, 6.07) is -1.30. The second-order valence-electron chi connectivity index (χ2n) is 2.12. The maximum atomic E-state index is 10.9. The van der Waals surface area contributed by atoms with E-state index < -0.39 is 24.5 Å². The van der Waals surface area contributed by atoms with Crippen LogP contribution in [0.4, 0.5) is 0 Å². The van der Waals surface area contributed by atoms with Crippen LogP contribution in [0.15, 0.2) is 0 Å². The summed E-state index contributed by atoms with van der Waals surface area (Å²) >= 11 is 0. The lowest BCUT2D eigenvalue weighted by Gasteiger charge is -2.10. The predicted molar refractivity (Wildman–Crippen MR) is 40.6 cm³/mol. The second-order valence-corrected chi connectivity index (χ2v) is 2.12. The van der Waals surface area contributed by atoms with E-state index in [4.69, 9.17) is 11.6 Å². The quantitative estimate of drug-likeness (QED) is 0.381. The summed E-state index contributed by atoms with van der Waals surface area (Å²) in [6.07, 6.45) is 0. The average Bonchev–Trinajstić information content (AvgIpc) is 1.98. The molecule has 0 aliphatic rings. The molecule has 0 aliphatic carbocycles. The molecule has 0 saturated heterocycles. The Kier molecular flexibility index (Phi) is 4.11. The van der Waals surface area contributed by atoms with E-state index in [1.54, 1.807) is 0 Å². The van der Waals surface area contributed by atoms with Gasteiger partial charge in [0, 0.05) is 0 Å². The van der Waals surface area contributed by atoms with Crippen LogP contribution in [-0.4, -0.2) is 48.3 Å². The highest BCUT2D eigenvalue weighted by atomic mass is 16.4. The Labute approximate surface area is 71.0 Å². The van der Waals surface area contributed by atoms with Gasteiger partial charge >= 0.3 is 5.97 Å². The third kappa shape index (κ3) is 3.89. The van der Waals surface area contributed by atoms with Gasteiger partial charge in [0.1, 0.15) is 7.45 Å². The van der Waals surface area contributed by atoms with Gasteiger partial charge in [-0.3, -0.25) is 4.79 Å². The van der Waals surface area contributed by atoms with Gasteiger partial charge in [-0.1, -0.05) is 0 Å². The monoisotopic (exact) mass is 177 g/mol. The van der Waals surface area contributed by atoms with Crippen LogP contribution in [0, 0.1) is 0 Å². The van der Waals surface area contributed by atoms with Crippen molar-refractivity contribution in [2.45, 2.75) is 6.04 Å². The van der Waals surface area contributed by atoms with Crippen LogP contribution < -0.4 is 10.6 Å². The molecule has 12 heavy (non-hydrogen) atoms. The first kappa shape index (κ1) is 8.95. The number of likely N-dealkylation sites (N-methyl/N-ethyl adjacent to an activating group) is 1. The van der Waals surface area contributed by atoms with Gasteiger partial charge in [0.15, 0.2) is 0 Å². The van der Waals surface area contributed by atoms with E-state index in [9.17, 15) is 9.59 Å². The molecule has 0 bridgehead atoms. The van der Waals surface area contributed by atoms with Crippen molar-refractivity contribution in [1.82, 2.24) is 10.6 Å². The SMILES string of the molecule is [2H]N(C)CC(=O)N[C@@H](CO)C(=O)O. The molecule has 0 fully saturated rings. The summed E-state index contributed by atoms with van der Waals surface area (Å²) in [5.41, 5.74) is 0. The molecule has 0 aliphatic heterocycles. The Hall–Kier alpha value is -1.14. The zero-order chi connectivity index (χ0) is 10.4. The maximum absolute atomic E-state index is 10.9. The normalized spacial score (nSPS) is 13.8.